The van der Waals surface area contributed by atoms with Gasteiger partial charge in [-0.1, -0.05) is 18.9 Å². The number of anilines is 1. The van der Waals surface area contributed by atoms with E-state index in [0.29, 0.717) is 11.4 Å². The van der Waals surface area contributed by atoms with E-state index in [-0.39, 0.29) is 15.4 Å². The van der Waals surface area contributed by atoms with E-state index in [2.05, 4.69) is 11.6 Å². The summed E-state index contributed by atoms with van der Waals surface area (Å²) in [5, 5.41) is 14.5. The van der Waals surface area contributed by atoms with Gasteiger partial charge in [0.05, 0.1) is 12.0 Å². The van der Waals surface area contributed by atoms with Gasteiger partial charge in [-0.15, -0.1) is 0 Å². The van der Waals surface area contributed by atoms with Crippen LogP contribution in [0.25, 0.3) is 0 Å². The van der Waals surface area contributed by atoms with Crippen LogP contribution in [0.5, 0.6) is 5.75 Å². The first-order chi connectivity index (χ1) is 9.62. The van der Waals surface area contributed by atoms with Gasteiger partial charge in [0.1, 0.15) is 5.69 Å². The van der Waals surface area contributed by atoms with E-state index in [1.807, 2.05) is 11.8 Å². The van der Waals surface area contributed by atoms with Gasteiger partial charge >= 0.3 is 5.69 Å². The van der Waals surface area contributed by atoms with Crippen LogP contribution in [-0.4, -0.2) is 29.6 Å². The van der Waals surface area contributed by atoms with Gasteiger partial charge in [-0.3, -0.25) is 10.1 Å². The molecule has 1 fully saturated rings. The molecule has 20 heavy (non-hydrogen) atoms. The molecule has 1 aromatic carbocycles. The summed E-state index contributed by atoms with van der Waals surface area (Å²) < 4.78 is 5.29. The Kier molecular flexibility index (Phi) is 4.75. The fourth-order valence-corrected chi connectivity index (χ4v) is 3.66. The Hall–Kier alpha value is -1.43. The van der Waals surface area contributed by atoms with Crippen molar-refractivity contribution in [1.29, 1.82) is 0 Å². The molecule has 1 aromatic rings. The number of nitro benzene ring substituents is 1. The van der Waals surface area contributed by atoms with Gasteiger partial charge in [0.25, 0.3) is 0 Å². The van der Waals surface area contributed by atoms with Gasteiger partial charge in [-0.25, -0.2) is 0 Å². The molecule has 1 aliphatic carbocycles. The molecule has 0 spiro atoms. The number of para-hydroxylation sites is 1. The number of nitrogens with one attached hydrogen (secondary N) is 1. The van der Waals surface area contributed by atoms with Gasteiger partial charge in [0.2, 0.25) is 0 Å². The number of hydrogen-bond donors (Lipinski definition) is 1. The zero-order valence-corrected chi connectivity index (χ0v) is 12.7. The van der Waals surface area contributed by atoms with Crippen molar-refractivity contribution in [1.82, 2.24) is 0 Å². The second-order valence-electron chi connectivity index (χ2n) is 5.06. The van der Waals surface area contributed by atoms with Crippen molar-refractivity contribution in [2.24, 2.45) is 0 Å². The third-order valence-electron chi connectivity index (χ3n) is 3.95. The minimum Gasteiger partial charge on any atom is -0.490 e. The van der Waals surface area contributed by atoms with Crippen molar-refractivity contribution in [2.45, 2.75) is 30.4 Å². The summed E-state index contributed by atoms with van der Waals surface area (Å²) in [5.41, 5.74) is 0.555. The number of benzene rings is 1. The molecule has 0 aliphatic heterocycles. The second-order valence-corrected chi connectivity index (χ2v) is 6.34. The molecule has 1 aliphatic rings. The summed E-state index contributed by atoms with van der Waals surface area (Å²) in [7, 11) is 1.45. The highest BCUT2D eigenvalue weighted by molar-refractivity contribution is 8.00. The monoisotopic (exact) mass is 296 g/mol. The molecule has 0 aromatic heterocycles. The predicted octanol–water partition coefficient (Wildman–Crippen LogP) is 3.69. The lowest BCUT2D eigenvalue weighted by Crippen LogP contribution is -2.30. The zero-order valence-electron chi connectivity index (χ0n) is 11.8. The van der Waals surface area contributed by atoms with E-state index < -0.39 is 0 Å². The molecule has 0 unspecified atom stereocenters. The third-order valence-corrected chi connectivity index (χ3v) is 5.37. The lowest BCUT2D eigenvalue weighted by Gasteiger charge is -2.27. The van der Waals surface area contributed by atoms with Crippen molar-refractivity contribution in [3.8, 4) is 5.75 Å². The quantitative estimate of drug-likeness (QED) is 0.640. The zero-order chi connectivity index (χ0) is 14.6. The normalized spacial score (nSPS) is 16.9. The molecule has 1 saturated carbocycles. The SMILES string of the molecule is COc1cccc(NCC2(SC)CCCC2)c1[N+](=O)[O-]. The van der Waals surface area contributed by atoms with E-state index in [9.17, 15) is 10.1 Å². The molecule has 0 heterocycles. The summed E-state index contributed by atoms with van der Waals surface area (Å²) in [4.78, 5) is 10.8. The number of hydrogen-bond acceptors (Lipinski definition) is 5. The van der Waals surface area contributed by atoms with Crippen LogP contribution in [0.4, 0.5) is 11.4 Å². The number of methoxy groups -OCH3 is 1. The predicted molar refractivity (Wildman–Crippen MR) is 82.9 cm³/mol. The lowest BCUT2D eigenvalue weighted by atomic mass is 10.1. The van der Waals surface area contributed by atoms with E-state index in [0.717, 1.165) is 6.54 Å². The number of nitrogens with zero attached hydrogens (tertiary/aromatic N) is 1. The summed E-state index contributed by atoms with van der Waals surface area (Å²) in [5.74, 6) is 0.296. The van der Waals surface area contributed by atoms with E-state index in [1.54, 1.807) is 18.2 Å². The Balaban J connectivity index is 2.19. The first kappa shape index (κ1) is 15.0. The third kappa shape index (κ3) is 3.00. The van der Waals surface area contributed by atoms with E-state index >= 15 is 0 Å². The summed E-state index contributed by atoms with van der Waals surface area (Å²) >= 11 is 1.86. The van der Waals surface area contributed by atoms with Gasteiger partial charge in [0, 0.05) is 11.3 Å². The maximum Gasteiger partial charge on any atom is 0.333 e. The second kappa shape index (κ2) is 6.35. The Morgan fingerprint density at radius 1 is 1.45 bits per heavy atom. The fraction of sp³-hybridized carbons (Fsp3) is 0.571. The Labute approximate surface area is 123 Å². The summed E-state index contributed by atoms with van der Waals surface area (Å²) in [6.45, 7) is 0.752. The molecular formula is C14H20N2O3S. The highest BCUT2D eigenvalue weighted by atomic mass is 32.2. The van der Waals surface area contributed by atoms with Crippen molar-refractivity contribution in [3.05, 3.63) is 28.3 Å². The molecule has 2 rings (SSSR count). The molecule has 0 radical (unpaired) electrons. The van der Waals surface area contributed by atoms with Gasteiger partial charge < -0.3 is 10.1 Å². The van der Waals surface area contributed by atoms with Crippen LogP contribution in [0.15, 0.2) is 18.2 Å². The molecule has 1 N–H and O–H groups in total. The largest absolute Gasteiger partial charge is 0.490 e. The van der Waals surface area contributed by atoms with Crippen molar-refractivity contribution >= 4 is 23.1 Å². The number of nitro groups is 1. The number of ether oxygens (including phenoxy) is 1. The van der Waals surface area contributed by atoms with Crippen LogP contribution >= 0.6 is 11.8 Å². The average Bonchev–Trinajstić information content (AvgIpc) is 2.93. The van der Waals surface area contributed by atoms with Crippen LogP contribution in [-0.2, 0) is 0 Å². The molecular weight excluding hydrogens is 276 g/mol. The van der Waals surface area contributed by atoms with Gasteiger partial charge in [-0.2, -0.15) is 11.8 Å². The van der Waals surface area contributed by atoms with E-state index in [4.69, 9.17) is 4.74 Å². The smallest absolute Gasteiger partial charge is 0.333 e. The molecule has 5 nitrogen and oxygen atoms in total. The fourth-order valence-electron chi connectivity index (χ4n) is 2.75. The topological polar surface area (TPSA) is 64.4 Å². The molecule has 0 bridgehead atoms. The van der Waals surface area contributed by atoms with Gasteiger partial charge in [0.15, 0.2) is 5.75 Å². The first-order valence-electron chi connectivity index (χ1n) is 6.72. The van der Waals surface area contributed by atoms with Crippen molar-refractivity contribution < 1.29 is 9.66 Å². The summed E-state index contributed by atoms with van der Waals surface area (Å²) in [6.07, 6.45) is 6.93. The lowest BCUT2D eigenvalue weighted by molar-refractivity contribution is -0.384. The molecule has 110 valence electrons. The van der Waals surface area contributed by atoms with Crippen LogP contribution < -0.4 is 10.1 Å². The highest BCUT2D eigenvalue weighted by Crippen LogP contribution is 2.41. The maximum atomic E-state index is 11.2. The van der Waals surface area contributed by atoms with Crippen LogP contribution in [0.2, 0.25) is 0 Å². The van der Waals surface area contributed by atoms with Crippen molar-refractivity contribution in [3.63, 3.8) is 0 Å². The summed E-state index contributed by atoms with van der Waals surface area (Å²) in [6, 6.07) is 5.13. The molecule has 6 heteroatoms. The van der Waals surface area contributed by atoms with E-state index in [1.165, 1.54) is 32.8 Å². The minimum absolute atomic E-state index is 0.0178. The number of thioether (sulfide) groups is 1. The standard InChI is InChI=1S/C14H20N2O3S/c1-19-12-7-5-6-11(13(12)16(17)18)15-10-14(20-2)8-3-4-9-14/h5-7,15H,3-4,8-10H2,1-2H3. The van der Waals surface area contributed by atoms with Crippen molar-refractivity contribution in [2.75, 3.05) is 25.2 Å². The molecule has 0 amide bonds. The molecule has 0 atom stereocenters. The highest BCUT2D eigenvalue weighted by Gasteiger charge is 2.33. The van der Waals surface area contributed by atoms with Crippen LogP contribution in [0.3, 0.4) is 0 Å². The first-order valence-corrected chi connectivity index (χ1v) is 7.95. The Morgan fingerprint density at radius 2 is 2.15 bits per heavy atom. The number of rotatable bonds is 6. The molecule has 0 saturated heterocycles. The Morgan fingerprint density at radius 3 is 2.70 bits per heavy atom. The minimum atomic E-state index is -0.387. The maximum absolute atomic E-state index is 11.2. The Bertz CT molecular complexity index is 487. The average molecular weight is 296 g/mol. The van der Waals surface area contributed by atoms with Crippen LogP contribution in [0.1, 0.15) is 25.7 Å². The van der Waals surface area contributed by atoms with Gasteiger partial charge in [-0.05, 0) is 31.2 Å². The van der Waals surface area contributed by atoms with Crippen LogP contribution in [0, 0.1) is 10.1 Å².